The standard InChI is InChI=1S/C16H24ClN3O4S/c1-23-14-9-13(17)16(10-15(14)24-2)25(21,22)20-6-3-12(11-20)19-7-4-18-5-8-19/h9-10,12,18H,3-8,11H2,1-2H3. The second-order valence-corrected chi connectivity index (χ2v) is 8.54. The average Bonchev–Trinajstić information content (AvgIpc) is 3.13. The Labute approximate surface area is 153 Å². The van der Waals surface area contributed by atoms with E-state index < -0.39 is 10.0 Å². The van der Waals surface area contributed by atoms with Gasteiger partial charge in [0.15, 0.2) is 11.5 Å². The summed E-state index contributed by atoms with van der Waals surface area (Å²) in [7, 11) is -0.717. The van der Waals surface area contributed by atoms with Gasteiger partial charge in [0.1, 0.15) is 4.90 Å². The SMILES string of the molecule is COc1cc(Cl)c(S(=O)(=O)N2CCC(N3CCNCC3)C2)cc1OC. The molecule has 1 aromatic carbocycles. The lowest BCUT2D eigenvalue weighted by Gasteiger charge is -2.32. The minimum atomic E-state index is -3.67. The van der Waals surface area contributed by atoms with Crippen LogP contribution in [0.2, 0.25) is 5.02 Å². The van der Waals surface area contributed by atoms with E-state index in [1.54, 1.807) is 0 Å². The number of ether oxygens (including phenoxy) is 2. The summed E-state index contributed by atoms with van der Waals surface area (Å²) < 4.78 is 38.1. The maximum Gasteiger partial charge on any atom is 0.244 e. The second-order valence-electron chi connectivity index (χ2n) is 6.23. The van der Waals surface area contributed by atoms with Gasteiger partial charge < -0.3 is 14.8 Å². The van der Waals surface area contributed by atoms with Gasteiger partial charge in [-0.3, -0.25) is 4.90 Å². The van der Waals surface area contributed by atoms with Crippen molar-refractivity contribution in [3.05, 3.63) is 17.2 Å². The zero-order valence-corrected chi connectivity index (χ0v) is 16.1. The molecule has 1 N–H and O–H groups in total. The molecule has 0 bridgehead atoms. The Morgan fingerprint density at radius 2 is 1.76 bits per heavy atom. The lowest BCUT2D eigenvalue weighted by atomic mass is 10.2. The van der Waals surface area contributed by atoms with Crippen LogP contribution >= 0.6 is 11.6 Å². The fourth-order valence-electron chi connectivity index (χ4n) is 3.45. The van der Waals surface area contributed by atoms with E-state index in [9.17, 15) is 8.42 Å². The summed E-state index contributed by atoms with van der Waals surface area (Å²) in [6.07, 6.45) is 0.837. The molecule has 0 aromatic heterocycles. The molecule has 2 heterocycles. The summed E-state index contributed by atoms with van der Waals surface area (Å²) in [5.41, 5.74) is 0. The molecule has 1 atom stereocenters. The molecule has 0 spiro atoms. The van der Waals surface area contributed by atoms with Crippen molar-refractivity contribution >= 4 is 21.6 Å². The maximum atomic E-state index is 13.1. The Bertz CT molecular complexity index is 722. The first-order valence-electron chi connectivity index (χ1n) is 8.34. The molecule has 7 nitrogen and oxygen atoms in total. The monoisotopic (exact) mass is 389 g/mol. The molecule has 0 aliphatic carbocycles. The molecular weight excluding hydrogens is 366 g/mol. The van der Waals surface area contributed by atoms with Gasteiger partial charge in [0.25, 0.3) is 0 Å². The van der Waals surface area contributed by atoms with Crippen LogP contribution in [0.3, 0.4) is 0 Å². The highest BCUT2D eigenvalue weighted by atomic mass is 35.5. The molecule has 2 aliphatic rings. The zero-order chi connectivity index (χ0) is 18.0. The molecular formula is C16H24ClN3O4S. The van der Waals surface area contributed by atoms with Gasteiger partial charge in [0.05, 0.1) is 19.2 Å². The van der Waals surface area contributed by atoms with E-state index in [4.69, 9.17) is 21.1 Å². The van der Waals surface area contributed by atoms with Gasteiger partial charge in [-0.25, -0.2) is 8.42 Å². The van der Waals surface area contributed by atoms with Crippen LogP contribution in [0.4, 0.5) is 0 Å². The number of hydrogen-bond acceptors (Lipinski definition) is 6. The number of benzene rings is 1. The number of rotatable bonds is 5. The fourth-order valence-corrected chi connectivity index (χ4v) is 5.45. The van der Waals surface area contributed by atoms with Crippen molar-refractivity contribution in [1.29, 1.82) is 0 Å². The molecule has 2 aliphatic heterocycles. The van der Waals surface area contributed by atoms with E-state index in [2.05, 4.69) is 10.2 Å². The number of piperazine rings is 1. The van der Waals surface area contributed by atoms with Crippen LogP contribution in [-0.2, 0) is 10.0 Å². The van der Waals surface area contributed by atoms with E-state index in [-0.39, 0.29) is 16.0 Å². The summed E-state index contributed by atoms with van der Waals surface area (Å²) >= 11 is 6.23. The summed E-state index contributed by atoms with van der Waals surface area (Å²) in [5.74, 6) is 0.759. The minimum absolute atomic E-state index is 0.0628. The van der Waals surface area contributed by atoms with Crippen LogP contribution in [0.15, 0.2) is 17.0 Å². The number of methoxy groups -OCH3 is 2. The van der Waals surface area contributed by atoms with E-state index >= 15 is 0 Å². The van der Waals surface area contributed by atoms with Crippen LogP contribution in [0.25, 0.3) is 0 Å². The van der Waals surface area contributed by atoms with Crippen LogP contribution < -0.4 is 14.8 Å². The molecule has 1 aromatic rings. The van der Waals surface area contributed by atoms with Gasteiger partial charge in [-0.15, -0.1) is 0 Å². The Morgan fingerprint density at radius 3 is 2.40 bits per heavy atom. The highest BCUT2D eigenvalue weighted by Gasteiger charge is 2.37. The maximum absolute atomic E-state index is 13.1. The van der Waals surface area contributed by atoms with E-state index in [1.807, 2.05) is 0 Å². The average molecular weight is 390 g/mol. The molecule has 140 valence electrons. The van der Waals surface area contributed by atoms with Gasteiger partial charge in [0, 0.05) is 57.4 Å². The Hall–Kier alpha value is -1.06. The summed E-state index contributed by atoms with van der Waals surface area (Å²) in [5, 5.41) is 3.46. The third-order valence-electron chi connectivity index (χ3n) is 4.85. The van der Waals surface area contributed by atoms with Crippen molar-refractivity contribution in [1.82, 2.24) is 14.5 Å². The molecule has 0 saturated carbocycles. The lowest BCUT2D eigenvalue weighted by Crippen LogP contribution is -2.49. The zero-order valence-electron chi connectivity index (χ0n) is 14.5. The highest BCUT2D eigenvalue weighted by molar-refractivity contribution is 7.89. The van der Waals surface area contributed by atoms with E-state index in [1.165, 1.54) is 30.7 Å². The summed E-state index contributed by atoms with van der Waals surface area (Å²) in [6.45, 7) is 4.80. The number of hydrogen-bond donors (Lipinski definition) is 1. The van der Waals surface area contributed by atoms with Crippen LogP contribution in [0.1, 0.15) is 6.42 Å². The van der Waals surface area contributed by atoms with Gasteiger partial charge in [-0.2, -0.15) is 4.31 Å². The van der Waals surface area contributed by atoms with Crippen LogP contribution in [-0.4, -0.2) is 77.2 Å². The van der Waals surface area contributed by atoms with Crippen LogP contribution in [0.5, 0.6) is 11.5 Å². The number of nitrogens with one attached hydrogen (secondary N) is 1. The van der Waals surface area contributed by atoms with Crippen molar-refractivity contribution in [2.75, 3.05) is 53.5 Å². The largest absolute Gasteiger partial charge is 0.493 e. The second kappa shape index (κ2) is 7.67. The van der Waals surface area contributed by atoms with E-state index in [0.717, 1.165) is 32.6 Å². The lowest BCUT2D eigenvalue weighted by molar-refractivity contribution is 0.179. The molecule has 2 fully saturated rings. The minimum Gasteiger partial charge on any atom is -0.493 e. The van der Waals surface area contributed by atoms with Crippen LogP contribution in [0, 0.1) is 0 Å². The van der Waals surface area contributed by atoms with E-state index in [0.29, 0.717) is 24.6 Å². The molecule has 0 radical (unpaired) electrons. The number of halogens is 1. The predicted octanol–water partition coefficient (Wildman–Crippen LogP) is 1.03. The molecule has 3 rings (SSSR count). The first kappa shape index (κ1) is 18.7. The third kappa shape index (κ3) is 3.73. The van der Waals surface area contributed by atoms with Crippen molar-refractivity contribution < 1.29 is 17.9 Å². The normalized spacial score (nSPS) is 22.9. The Morgan fingerprint density at radius 1 is 1.12 bits per heavy atom. The summed E-state index contributed by atoms with van der Waals surface area (Å²) in [6, 6.07) is 3.18. The first-order valence-corrected chi connectivity index (χ1v) is 10.2. The quantitative estimate of drug-likeness (QED) is 0.811. The van der Waals surface area contributed by atoms with Gasteiger partial charge in [0.2, 0.25) is 10.0 Å². The highest BCUT2D eigenvalue weighted by Crippen LogP contribution is 2.37. The number of nitrogens with zero attached hydrogens (tertiary/aromatic N) is 2. The van der Waals surface area contributed by atoms with Crippen molar-refractivity contribution in [2.45, 2.75) is 17.4 Å². The Balaban J connectivity index is 1.82. The van der Waals surface area contributed by atoms with Crippen molar-refractivity contribution in [2.24, 2.45) is 0 Å². The number of sulfonamides is 1. The smallest absolute Gasteiger partial charge is 0.244 e. The van der Waals surface area contributed by atoms with Gasteiger partial charge in [-0.1, -0.05) is 11.6 Å². The molecule has 25 heavy (non-hydrogen) atoms. The third-order valence-corrected chi connectivity index (χ3v) is 7.18. The molecule has 2 saturated heterocycles. The van der Waals surface area contributed by atoms with Crippen molar-refractivity contribution in [3.8, 4) is 11.5 Å². The molecule has 9 heteroatoms. The molecule has 1 unspecified atom stereocenters. The molecule has 0 amide bonds. The van der Waals surface area contributed by atoms with Gasteiger partial charge >= 0.3 is 0 Å². The Kier molecular flexibility index (Phi) is 5.75. The fraction of sp³-hybridized carbons (Fsp3) is 0.625. The predicted molar refractivity (Wildman–Crippen MR) is 96.2 cm³/mol. The van der Waals surface area contributed by atoms with Crippen molar-refractivity contribution in [3.63, 3.8) is 0 Å². The topological polar surface area (TPSA) is 71.1 Å². The first-order chi connectivity index (χ1) is 12.0. The summed E-state index contributed by atoms with van der Waals surface area (Å²) in [4.78, 5) is 2.43. The van der Waals surface area contributed by atoms with Gasteiger partial charge in [-0.05, 0) is 6.42 Å².